The number of rotatable bonds is 4. The topological polar surface area (TPSA) is 25.2 Å². The molecule has 142 valence electrons. The molecule has 0 fully saturated rings. The number of hydrogen-bond acceptors (Lipinski definition) is 2. The minimum atomic E-state index is -0.253. The average molecular weight is 380 g/mol. The Balaban J connectivity index is 1.82. The van der Waals surface area contributed by atoms with Gasteiger partial charge in [0.25, 0.3) is 0 Å². The standard InChI is InChI=1S/C26H21FN2/c1-18-7-9-22(10-8-18)26(19(2)20-13-15-28-16-14-20)29-17-23-12-11-21-5-3-4-6-24(21)25(23)27/h3-17H,1-2H3/b26-19+,29-17?. The number of benzene rings is 3. The van der Waals surface area contributed by atoms with Crippen LogP contribution in [-0.4, -0.2) is 11.2 Å². The lowest BCUT2D eigenvalue weighted by atomic mass is 10.0. The van der Waals surface area contributed by atoms with E-state index in [0.29, 0.717) is 10.9 Å². The van der Waals surface area contributed by atoms with Gasteiger partial charge in [-0.2, -0.15) is 0 Å². The first kappa shape index (κ1) is 18.8. The molecule has 3 aromatic carbocycles. The number of fused-ring (bicyclic) bond motifs is 1. The zero-order chi connectivity index (χ0) is 20.2. The zero-order valence-corrected chi connectivity index (χ0v) is 16.4. The highest BCUT2D eigenvalue weighted by Gasteiger charge is 2.09. The van der Waals surface area contributed by atoms with Crippen molar-refractivity contribution in [3.05, 3.63) is 113 Å². The summed E-state index contributed by atoms with van der Waals surface area (Å²) in [6.07, 6.45) is 5.14. The van der Waals surface area contributed by atoms with Crippen molar-refractivity contribution in [3.63, 3.8) is 0 Å². The zero-order valence-electron chi connectivity index (χ0n) is 16.4. The van der Waals surface area contributed by atoms with E-state index >= 15 is 0 Å². The molecule has 0 saturated heterocycles. The molecule has 0 bridgehead atoms. The molecule has 0 amide bonds. The van der Waals surface area contributed by atoms with Crippen molar-refractivity contribution in [3.8, 4) is 0 Å². The summed E-state index contributed by atoms with van der Waals surface area (Å²) in [5, 5.41) is 1.48. The van der Waals surface area contributed by atoms with Crippen LogP contribution in [0, 0.1) is 12.7 Å². The van der Waals surface area contributed by atoms with Gasteiger partial charge in [0.15, 0.2) is 0 Å². The van der Waals surface area contributed by atoms with Gasteiger partial charge in [-0.1, -0.05) is 60.2 Å². The molecule has 1 heterocycles. The average Bonchev–Trinajstić information content (AvgIpc) is 2.77. The molecule has 0 unspecified atom stereocenters. The summed E-state index contributed by atoms with van der Waals surface area (Å²) in [5.41, 5.74) is 5.49. The quantitative estimate of drug-likeness (QED) is 0.362. The summed E-state index contributed by atoms with van der Waals surface area (Å²) in [7, 11) is 0. The molecule has 0 atom stereocenters. The van der Waals surface area contributed by atoms with E-state index < -0.39 is 0 Å². The third-order valence-corrected chi connectivity index (χ3v) is 5.02. The van der Waals surface area contributed by atoms with Crippen LogP contribution >= 0.6 is 0 Å². The molecule has 0 N–H and O–H groups in total. The molecule has 0 aliphatic rings. The molecule has 3 heteroatoms. The summed E-state index contributed by atoms with van der Waals surface area (Å²) in [6, 6.07) is 23.3. The van der Waals surface area contributed by atoms with Crippen molar-refractivity contribution in [1.82, 2.24) is 4.98 Å². The molecule has 0 spiro atoms. The molecule has 0 saturated carbocycles. The van der Waals surface area contributed by atoms with Crippen LogP contribution in [0.1, 0.15) is 29.2 Å². The van der Waals surface area contributed by atoms with Gasteiger partial charge in [-0.15, -0.1) is 0 Å². The van der Waals surface area contributed by atoms with Crippen LogP contribution in [0.25, 0.3) is 22.0 Å². The minimum absolute atomic E-state index is 0.253. The molecule has 2 nitrogen and oxygen atoms in total. The normalized spacial score (nSPS) is 12.4. The molecule has 4 rings (SSSR count). The second kappa shape index (κ2) is 8.19. The highest BCUT2D eigenvalue weighted by Crippen LogP contribution is 2.28. The van der Waals surface area contributed by atoms with Gasteiger partial charge in [-0.05, 0) is 48.6 Å². The molecular weight excluding hydrogens is 359 g/mol. The van der Waals surface area contributed by atoms with Crippen LogP contribution < -0.4 is 0 Å². The fourth-order valence-corrected chi connectivity index (χ4v) is 3.32. The number of allylic oxidation sites excluding steroid dienone is 1. The highest BCUT2D eigenvalue weighted by molar-refractivity contribution is 5.97. The second-order valence-electron chi connectivity index (χ2n) is 7.02. The molecule has 0 aliphatic heterocycles. The number of hydrogen-bond donors (Lipinski definition) is 0. The predicted molar refractivity (Wildman–Crippen MR) is 119 cm³/mol. The first-order valence-electron chi connectivity index (χ1n) is 9.53. The fraction of sp³-hybridized carbons (Fsp3) is 0.0769. The lowest BCUT2D eigenvalue weighted by molar-refractivity contribution is 0.638. The van der Waals surface area contributed by atoms with Gasteiger partial charge in [0, 0.05) is 35.1 Å². The molecule has 1 aromatic heterocycles. The van der Waals surface area contributed by atoms with Crippen molar-refractivity contribution in [2.45, 2.75) is 13.8 Å². The molecular formula is C26H21FN2. The van der Waals surface area contributed by atoms with E-state index in [2.05, 4.69) is 24.0 Å². The van der Waals surface area contributed by atoms with Crippen molar-refractivity contribution >= 4 is 28.3 Å². The molecule has 0 aliphatic carbocycles. The minimum Gasteiger partial charge on any atom is -0.265 e. The molecule has 29 heavy (non-hydrogen) atoms. The molecule has 0 radical (unpaired) electrons. The van der Waals surface area contributed by atoms with Crippen LogP contribution in [0.3, 0.4) is 0 Å². The van der Waals surface area contributed by atoms with Crippen molar-refractivity contribution in [2.24, 2.45) is 4.99 Å². The van der Waals surface area contributed by atoms with E-state index in [1.807, 2.05) is 55.5 Å². The third-order valence-electron chi connectivity index (χ3n) is 5.02. The Morgan fingerprint density at radius 3 is 2.34 bits per heavy atom. The summed E-state index contributed by atoms with van der Waals surface area (Å²) in [6.45, 7) is 4.08. The maximum absolute atomic E-state index is 15.0. The van der Waals surface area contributed by atoms with Crippen molar-refractivity contribution < 1.29 is 4.39 Å². The van der Waals surface area contributed by atoms with Gasteiger partial charge < -0.3 is 0 Å². The summed E-state index contributed by atoms with van der Waals surface area (Å²) in [5.74, 6) is -0.253. The SMILES string of the molecule is C/C(=C(\N=Cc1ccc2ccccc2c1F)c1ccc(C)cc1)c1ccncc1. The fourth-order valence-electron chi connectivity index (χ4n) is 3.32. The maximum atomic E-state index is 15.0. The Morgan fingerprint density at radius 2 is 1.59 bits per heavy atom. The van der Waals surface area contributed by atoms with E-state index in [4.69, 9.17) is 4.99 Å². The van der Waals surface area contributed by atoms with Crippen LogP contribution in [0.4, 0.5) is 4.39 Å². The van der Waals surface area contributed by atoms with Crippen molar-refractivity contribution in [2.75, 3.05) is 0 Å². The number of aliphatic imine (C=N–C) groups is 1. The predicted octanol–water partition coefficient (Wildman–Crippen LogP) is 6.69. The first-order valence-corrected chi connectivity index (χ1v) is 9.53. The molecule has 4 aromatic rings. The van der Waals surface area contributed by atoms with E-state index in [0.717, 1.165) is 27.8 Å². The van der Waals surface area contributed by atoms with Gasteiger partial charge in [-0.25, -0.2) is 4.39 Å². The van der Waals surface area contributed by atoms with E-state index in [9.17, 15) is 4.39 Å². The first-order chi connectivity index (χ1) is 14.1. The second-order valence-corrected chi connectivity index (χ2v) is 7.02. The van der Waals surface area contributed by atoms with Gasteiger partial charge in [0.2, 0.25) is 0 Å². The van der Waals surface area contributed by atoms with Gasteiger partial charge in [0.05, 0.1) is 5.70 Å². The number of aryl methyl sites for hydroxylation is 1. The Labute approximate surface area is 170 Å². The van der Waals surface area contributed by atoms with Crippen LogP contribution in [-0.2, 0) is 0 Å². The lowest BCUT2D eigenvalue weighted by Gasteiger charge is -2.10. The smallest absolute Gasteiger partial charge is 0.139 e. The third kappa shape index (κ3) is 3.99. The lowest BCUT2D eigenvalue weighted by Crippen LogP contribution is -1.93. The number of nitrogens with zero attached hydrogens (tertiary/aromatic N) is 2. The highest BCUT2D eigenvalue weighted by atomic mass is 19.1. The largest absolute Gasteiger partial charge is 0.265 e. The summed E-state index contributed by atoms with van der Waals surface area (Å²) in [4.78, 5) is 8.83. The van der Waals surface area contributed by atoms with Crippen molar-refractivity contribution in [1.29, 1.82) is 0 Å². The van der Waals surface area contributed by atoms with Gasteiger partial charge in [-0.3, -0.25) is 9.98 Å². The van der Waals surface area contributed by atoms with Crippen LogP contribution in [0.15, 0.2) is 90.2 Å². The Bertz CT molecular complexity index is 1210. The van der Waals surface area contributed by atoms with Crippen LogP contribution in [0.2, 0.25) is 0 Å². The Kier molecular flexibility index (Phi) is 5.30. The number of halogens is 1. The Hall–Kier alpha value is -3.59. The summed E-state index contributed by atoms with van der Waals surface area (Å²) < 4.78 is 15.0. The van der Waals surface area contributed by atoms with E-state index in [1.54, 1.807) is 30.7 Å². The number of pyridine rings is 1. The van der Waals surface area contributed by atoms with E-state index in [1.165, 1.54) is 5.56 Å². The maximum Gasteiger partial charge on any atom is 0.139 e. The Morgan fingerprint density at radius 1 is 0.862 bits per heavy atom. The number of aromatic nitrogens is 1. The monoisotopic (exact) mass is 380 g/mol. The van der Waals surface area contributed by atoms with E-state index in [-0.39, 0.29) is 5.82 Å². The summed E-state index contributed by atoms with van der Waals surface area (Å²) >= 11 is 0. The van der Waals surface area contributed by atoms with Gasteiger partial charge in [0.1, 0.15) is 5.82 Å². The van der Waals surface area contributed by atoms with Gasteiger partial charge >= 0.3 is 0 Å². The van der Waals surface area contributed by atoms with Crippen LogP contribution in [0.5, 0.6) is 0 Å².